The fourth-order valence-electron chi connectivity index (χ4n) is 2.88. The summed E-state index contributed by atoms with van der Waals surface area (Å²) in [7, 11) is 0. The minimum atomic E-state index is 0.324. The maximum absolute atomic E-state index is 5.45. The molecule has 2 heterocycles. The van der Waals surface area contributed by atoms with Crippen molar-refractivity contribution in [2.75, 3.05) is 36.1 Å². The number of morpholine rings is 1. The van der Waals surface area contributed by atoms with Gasteiger partial charge in [-0.3, -0.25) is 0 Å². The quantitative estimate of drug-likeness (QED) is 0.845. The van der Waals surface area contributed by atoms with Crippen molar-refractivity contribution in [1.29, 1.82) is 0 Å². The van der Waals surface area contributed by atoms with Crippen LogP contribution in [0.4, 0.5) is 11.8 Å². The average molecular weight is 326 g/mol. The maximum atomic E-state index is 5.45. The molecule has 0 unspecified atom stereocenters. The molecule has 1 fully saturated rings. The highest BCUT2D eigenvalue weighted by Crippen LogP contribution is 2.21. The van der Waals surface area contributed by atoms with Gasteiger partial charge in [-0.15, -0.1) is 0 Å². The number of anilines is 2. The van der Waals surface area contributed by atoms with Crippen LogP contribution in [0.15, 0.2) is 36.4 Å². The van der Waals surface area contributed by atoms with Gasteiger partial charge in [0.25, 0.3) is 0 Å². The summed E-state index contributed by atoms with van der Waals surface area (Å²) in [5.74, 6) is 1.80. The van der Waals surface area contributed by atoms with Crippen LogP contribution in [0, 0.1) is 6.92 Å². The van der Waals surface area contributed by atoms with Gasteiger partial charge in [0.2, 0.25) is 5.95 Å². The SMILES string of the molecule is Cc1cc(N2CCOCC2)nc(N(Cc2ccccc2)C(C)C)n1. The second-order valence-electron chi connectivity index (χ2n) is 6.47. The van der Waals surface area contributed by atoms with Gasteiger partial charge < -0.3 is 14.5 Å². The van der Waals surface area contributed by atoms with Crippen molar-refractivity contribution in [2.24, 2.45) is 0 Å². The molecular weight excluding hydrogens is 300 g/mol. The number of rotatable bonds is 5. The summed E-state index contributed by atoms with van der Waals surface area (Å²) in [5.41, 5.74) is 2.27. The summed E-state index contributed by atoms with van der Waals surface area (Å²) in [5, 5.41) is 0. The van der Waals surface area contributed by atoms with Crippen molar-refractivity contribution >= 4 is 11.8 Å². The Morgan fingerprint density at radius 2 is 1.83 bits per heavy atom. The van der Waals surface area contributed by atoms with E-state index < -0.39 is 0 Å². The maximum Gasteiger partial charge on any atom is 0.228 e. The van der Waals surface area contributed by atoms with Gasteiger partial charge in [-0.2, -0.15) is 4.98 Å². The first-order chi connectivity index (χ1) is 11.6. The van der Waals surface area contributed by atoms with Crippen molar-refractivity contribution < 1.29 is 4.74 Å². The van der Waals surface area contributed by atoms with Gasteiger partial charge in [0.1, 0.15) is 5.82 Å². The molecule has 128 valence electrons. The van der Waals surface area contributed by atoms with Gasteiger partial charge in [-0.05, 0) is 26.3 Å². The number of aromatic nitrogens is 2. The Hall–Kier alpha value is -2.14. The molecule has 1 saturated heterocycles. The molecule has 1 aromatic carbocycles. The number of nitrogens with zero attached hydrogens (tertiary/aromatic N) is 4. The second-order valence-corrected chi connectivity index (χ2v) is 6.47. The summed E-state index contributed by atoms with van der Waals surface area (Å²) in [6.45, 7) is 10.5. The number of hydrogen-bond donors (Lipinski definition) is 0. The smallest absolute Gasteiger partial charge is 0.228 e. The van der Waals surface area contributed by atoms with Crippen LogP contribution < -0.4 is 9.80 Å². The Morgan fingerprint density at radius 3 is 2.50 bits per heavy atom. The van der Waals surface area contributed by atoms with E-state index in [0.717, 1.165) is 50.3 Å². The van der Waals surface area contributed by atoms with Crippen LogP contribution in [0.2, 0.25) is 0 Å². The Labute approximate surface area is 144 Å². The van der Waals surface area contributed by atoms with Crippen LogP contribution in [-0.2, 0) is 11.3 Å². The van der Waals surface area contributed by atoms with Crippen LogP contribution >= 0.6 is 0 Å². The third-order valence-corrected chi connectivity index (χ3v) is 4.24. The molecule has 0 bridgehead atoms. The molecule has 24 heavy (non-hydrogen) atoms. The fourth-order valence-corrected chi connectivity index (χ4v) is 2.88. The third kappa shape index (κ3) is 4.03. The van der Waals surface area contributed by atoms with Gasteiger partial charge in [-0.25, -0.2) is 4.98 Å². The van der Waals surface area contributed by atoms with Crippen LogP contribution in [0.1, 0.15) is 25.1 Å². The minimum absolute atomic E-state index is 0.324. The van der Waals surface area contributed by atoms with Crippen LogP contribution in [0.25, 0.3) is 0 Å². The van der Waals surface area contributed by atoms with E-state index in [9.17, 15) is 0 Å². The van der Waals surface area contributed by atoms with E-state index in [4.69, 9.17) is 14.7 Å². The summed E-state index contributed by atoms with van der Waals surface area (Å²) >= 11 is 0. The lowest BCUT2D eigenvalue weighted by Gasteiger charge is -2.31. The zero-order valence-electron chi connectivity index (χ0n) is 14.8. The zero-order chi connectivity index (χ0) is 16.9. The van der Waals surface area contributed by atoms with Crippen molar-refractivity contribution in [2.45, 2.75) is 33.4 Å². The van der Waals surface area contributed by atoms with E-state index in [1.54, 1.807) is 0 Å². The highest BCUT2D eigenvalue weighted by atomic mass is 16.5. The molecule has 0 aliphatic carbocycles. The predicted molar refractivity (Wildman–Crippen MR) is 97.6 cm³/mol. The number of benzene rings is 1. The molecular formula is C19H26N4O. The molecule has 0 spiro atoms. The Balaban J connectivity index is 1.88. The Bertz CT molecular complexity index is 654. The molecule has 3 rings (SSSR count). The van der Waals surface area contributed by atoms with Gasteiger partial charge in [0.15, 0.2) is 0 Å². The molecule has 1 aliphatic rings. The lowest BCUT2D eigenvalue weighted by molar-refractivity contribution is 0.122. The van der Waals surface area contributed by atoms with Crippen molar-refractivity contribution in [1.82, 2.24) is 9.97 Å². The zero-order valence-corrected chi connectivity index (χ0v) is 14.8. The van der Waals surface area contributed by atoms with Crippen LogP contribution in [0.5, 0.6) is 0 Å². The summed E-state index contributed by atoms with van der Waals surface area (Å²) in [6, 6.07) is 12.9. The van der Waals surface area contributed by atoms with Gasteiger partial charge in [-0.1, -0.05) is 30.3 Å². The minimum Gasteiger partial charge on any atom is -0.378 e. The molecule has 2 aromatic rings. The van der Waals surface area contributed by atoms with Crippen LogP contribution in [0.3, 0.4) is 0 Å². The van der Waals surface area contributed by atoms with E-state index >= 15 is 0 Å². The summed E-state index contributed by atoms with van der Waals surface area (Å²) in [6.07, 6.45) is 0. The topological polar surface area (TPSA) is 41.5 Å². The first-order valence-electron chi connectivity index (χ1n) is 8.62. The average Bonchev–Trinajstić information content (AvgIpc) is 2.60. The van der Waals surface area contributed by atoms with Crippen molar-refractivity contribution in [3.05, 3.63) is 47.7 Å². The van der Waals surface area contributed by atoms with E-state index in [2.05, 4.69) is 54.0 Å². The molecule has 0 radical (unpaired) electrons. The molecule has 0 N–H and O–H groups in total. The summed E-state index contributed by atoms with van der Waals surface area (Å²) in [4.78, 5) is 14.1. The van der Waals surface area contributed by atoms with Crippen molar-refractivity contribution in [3.8, 4) is 0 Å². The first kappa shape index (κ1) is 16.7. The van der Waals surface area contributed by atoms with E-state index in [-0.39, 0.29) is 0 Å². The number of aryl methyl sites for hydroxylation is 1. The lowest BCUT2D eigenvalue weighted by atomic mass is 10.2. The third-order valence-electron chi connectivity index (χ3n) is 4.24. The predicted octanol–water partition coefficient (Wildman–Crippen LogP) is 3.04. The highest BCUT2D eigenvalue weighted by molar-refractivity contribution is 5.47. The molecule has 1 aromatic heterocycles. The van der Waals surface area contributed by atoms with Crippen LogP contribution in [-0.4, -0.2) is 42.3 Å². The monoisotopic (exact) mass is 326 g/mol. The number of hydrogen-bond acceptors (Lipinski definition) is 5. The Morgan fingerprint density at radius 1 is 1.12 bits per heavy atom. The molecule has 5 nitrogen and oxygen atoms in total. The molecule has 0 atom stereocenters. The van der Waals surface area contributed by atoms with E-state index in [0.29, 0.717) is 6.04 Å². The Kier molecular flexibility index (Phi) is 5.30. The molecule has 0 amide bonds. The van der Waals surface area contributed by atoms with E-state index in [1.807, 2.05) is 13.0 Å². The van der Waals surface area contributed by atoms with Gasteiger partial charge in [0.05, 0.1) is 13.2 Å². The summed E-state index contributed by atoms with van der Waals surface area (Å²) < 4.78 is 5.45. The number of ether oxygens (including phenoxy) is 1. The van der Waals surface area contributed by atoms with E-state index in [1.165, 1.54) is 5.56 Å². The molecule has 0 saturated carbocycles. The molecule has 1 aliphatic heterocycles. The van der Waals surface area contributed by atoms with Gasteiger partial charge in [0, 0.05) is 37.4 Å². The fraction of sp³-hybridized carbons (Fsp3) is 0.474. The van der Waals surface area contributed by atoms with Gasteiger partial charge >= 0.3 is 0 Å². The molecule has 5 heteroatoms. The first-order valence-corrected chi connectivity index (χ1v) is 8.62. The second kappa shape index (κ2) is 7.62. The lowest BCUT2D eigenvalue weighted by Crippen LogP contribution is -2.38. The highest BCUT2D eigenvalue weighted by Gasteiger charge is 2.19. The largest absolute Gasteiger partial charge is 0.378 e. The normalized spacial score (nSPS) is 14.9. The standard InChI is InChI=1S/C19H26N4O/c1-15(2)23(14-17-7-5-4-6-8-17)19-20-16(3)13-18(21-19)22-9-11-24-12-10-22/h4-8,13,15H,9-12,14H2,1-3H3. The van der Waals surface area contributed by atoms with Crippen molar-refractivity contribution in [3.63, 3.8) is 0 Å².